The number of amides is 3. The van der Waals surface area contributed by atoms with E-state index in [1.165, 1.54) is 0 Å². The first-order valence-electron chi connectivity index (χ1n) is 21.0. The molecule has 0 aromatic carbocycles. The number of phosphoric acid groups is 3. The molecule has 2 saturated heterocycles. The third-order valence-electron chi connectivity index (χ3n) is 10.4. The van der Waals surface area contributed by atoms with Gasteiger partial charge in [-0.2, -0.15) is 11.8 Å². The largest absolute Gasteiger partial charge is 1.00 e. The van der Waals surface area contributed by atoms with Crippen molar-refractivity contribution in [3.8, 4) is 0 Å². The number of fused-ring (bicyclic) bond motifs is 1. The van der Waals surface area contributed by atoms with E-state index in [-0.39, 0.29) is 126 Å². The Hall–Kier alpha value is 1.24. The van der Waals surface area contributed by atoms with E-state index in [4.69, 9.17) is 23.8 Å². The summed E-state index contributed by atoms with van der Waals surface area (Å²) in [6.07, 6.45) is -7.04. The van der Waals surface area contributed by atoms with Crippen LogP contribution >= 0.6 is 35.2 Å². The van der Waals surface area contributed by atoms with Crippen LogP contribution in [0.3, 0.4) is 0 Å². The van der Waals surface area contributed by atoms with Crippen molar-refractivity contribution in [1.82, 2.24) is 16.0 Å². The molecule has 1 saturated carbocycles. The normalized spacial score (nSPS) is 27.7. The van der Waals surface area contributed by atoms with Crippen molar-refractivity contribution in [2.24, 2.45) is 0 Å². The van der Waals surface area contributed by atoms with Gasteiger partial charge in [-0.15, -0.1) is 0 Å². The fraction of sp³-hybridized carbons (Fsp3) is 0.886. The Morgan fingerprint density at radius 1 is 0.727 bits per heavy atom. The molecule has 3 amide bonds. The molecule has 3 fully saturated rings. The van der Waals surface area contributed by atoms with Crippen molar-refractivity contribution in [2.45, 2.75) is 170 Å². The summed E-state index contributed by atoms with van der Waals surface area (Å²) in [5, 5.41) is 40.6. The first-order valence-corrected chi connectivity index (χ1v) is 26.5. The molecule has 3 unspecified atom stereocenters. The van der Waals surface area contributed by atoms with Gasteiger partial charge in [-0.25, -0.2) is 4.79 Å². The van der Waals surface area contributed by atoms with Gasteiger partial charge < -0.3 is 83.3 Å². The maximum absolute atomic E-state index is 12.9. The SMILES string of the molecule is CCCCCCCC(=O)O[C@H](COC(=O)CCCCCCCNC(=O)CCCC[C@H]1SC[C@@H]2NC(=O)N[C@@H]21)COP(=O)([O-])O[C@@H]1[C@H](O)[C@H](O)[C@@H](OP(=O)([O-])O)[C@H](OP(=O)([O-])O)[C@H]1O.[Na+].[Na+].[Na+]. The zero-order chi connectivity index (χ0) is 46.8. The standard InChI is InChI=1S/C35H64N3O21P3S.3Na/c1-2-3-4-6-10-17-27(41)56-22(20-55-62(52,53)59-32-29(42)30(43)33(57-60(46,47)48)34(31(32)44)58-61(49,50)51)19-54-26(40)16-9-7-5-8-13-18-36-25(39)15-12-11-14-24-28-23(21-63-24)37-35(45)38-28;;;/h22-24,28-34,42-44H,2-21H2,1H3,(H,36,39)(H,52,53)(H2,37,38,45)(H2,46,47,48)(H2,49,50,51);;;/q;3*+1/p-3/t22-,23+,24-,28+,29-,30+,31+,32-,33-,34-;;;/m1.../s1. The van der Waals surface area contributed by atoms with Crippen LogP contribution < -0.4 is 119 Å². The van der Waals surface area contributed by atoms with E-state index in [0.717, 1.165) is 63.5 Å². The Morgan fingerprint density at radius 3 is 1.89 bits per heavy atom. The summed E-state index contributed by atoms with van der Waals surface area (Å²) in [5.41, 5.74) is 0. The molecular weight excluding hydrogens is 992 g/mol. The Labute approximate surface area is 454 Å². The smallest absolute Gasteiger partial charge is 0.756 e. The number of carbonyl (C=O) groups excluding carboxylic acids is 4. The molecule has 3 rings (SSSR count). The molecule has 0 radical (unpaired) electrons. The van der Waals surface area contributed by atoms with E-state index in [1.807, 2.05) is 18.7 Å². The van der Waals surface area contributed by atoms with Crippen molar-refractivity contribution >= 4 is 59.1 Å². The number of hydrogen-bond acceptors (Lipinski definition) is 20. The molecule has 0 aromatic heterocycles. The number of aliphatic hydroxyl groups excluding tert-OH is 3. The predicted molar refractivity (Wildman–Crippen MR) is 215 cm³/mol. The second-order valence-electron chi connectivity index (χ2n) is 15.6. The van der Waals surface area contributed by atoms with Gasteiger partial charge in [-0.05, 0) is 32.1 Å². The average molecular weight is 1050 g/mol. The summed E-state index contributed by atoms with van der Waals surface area (Å²) < 4.78 is 63.8. The van der Waals surface area contributed by atoms with Gasteiger partial charge in [0.15, 0.2) is 6.10 Å². The van der Waals surface area contributed by atoms with E-state index in [0.29, 0.717) is 43.9 Å². The number of aliphatic hydroxyl groups is 3. The van der Waals surface area contributed by atoms with Crippen LogP contribution in [0.25, 0.3) is 0 Å². The minimum atomic E-state index is -5.90. The number of ether oxygens (including phenoxy) is 2. The first-order chi connectivity index (χ1) is 29.6. The van der Waals surface area contributed by atoms with Crippen LogP contribution in [0.5, 0.6) is 0 Å². The first kappa shape index (κ1) is 67.2. The number of thioether (sulfide) groups is 1. The number of rotatable bonds is 31. The molecule has 0 spiro atoms. The molecule has 24 nitrogen and oxygen atoms in total. The third-order valence-corrected chi connectivity index (χ3v) is 13.9. The molecule has 0 bridgehead atoms. The monoisotopic (exact) mass is 1050 g/mol. The second-order valence-corrected chi connectivity index (χ2v) is 20.5. The maximum Gasteiger partial charge on any atom is 1.00 e. The van der Waals surface area contributed by atoms with Crippen LogP contribution in [0.1, 0.15) is 110 Å². The predicted octanol–water partition coefficient (Wildman–Crippen LogP) is -9.35. The van der Waals surface area contributed by atoms with Gasteiger partial charge in [-0.3, -0.25) is 28.1 Å². The number of esters is 2. The van der Waals surface area contributed by atoms with Crippen LogP contribution in [0.4, 0.5) is 4.79 Å². The summed E-state index contributed by atoms with van der Waals surface area (Å²) >= 11 is 1.84. The van der Waals surface area contributed by atoms with Gasteiger partial charge in [0.25, 0.3) is 23.5 Å². The quantitative estimate of drug-likeness (QED) is 0.0105. The molecule has 366 valence electrons. The van der Waals surface area contributed by atoms with Gasteiger partial charge in [0, 0.05) is 36.8 Å². The second kappa shape index (κ2) is 33.9. The molecule has 0 aromatic rings. The number of nitrogens with one attached hydrogen (secondary N) is 3. The van der Waals surface area contributed by atoms with Crippen LogP contribution in [-0.4, -0.2) is 135 Å². The topological polar surface area (TPSA) is 381 Å². The molecule has 8 N–H and O–H groups in total. The van der Waals surface area contributed by atoms with Gasteiger partial charge >= 0.3 is 107 Å². The summed E-state index contributed by atoms with van der Waals surface area (Å²) in [6, 6.07) is 0.195. The Morgan fingerprint density at radius 2 is 1.27 bits per heavy atom. The van der Waals surface area contributed by atoms with Crippen LogP contribution in [0, 0.1) is 0 Å². The van der Waals surface area contributed by atoms with Crippen LogP contribution in [0.2, 0.25) is 0 Å². The van der Waals surface area contributed by atoms with Gasteiger partial charge in [0.1, 0.15) is 43.2 Å². The van der Waals surface area contributed by atoms with E-state index < -0.39 is 91.3 Å². The van der Waals surface area contributed by atoms with E-state index in [2.05, 4.69) is 29.5 Å². The minimum absolute atomic E-state index is 0. The van der Waals surface area contributed by atoms with Crippen molar-refractivity contribution in [2.75, 3.05) is 25.5 Å². The number of unbranched alkanes of at least 4 members (excludes halogenated alkanes) is 9. The Kier molecular flexibility index (Phi) is 34.5. The number of phosphoric ester groups is 3. The zero-order valence-electron chi connectivity index (χ0n) is 37.9. The molecule has 31 heteroatoms. The van der Waals surface area contributed by atoms with Gasteiger partial charge in [-0.1, -0.05) is 58.3 Å². The Balaban J connectivity index is 0.0000141. The zero-order valence-corrected chi connectivity index (χ0v) is 47.4. The van der Waals surface area contributed by atoms with Crippen LogP contribution in [-0.2, 0) is 55.6 Å². The number of carbonyl (C=O) groups is 4. The van der Waals surface area contributed by atoms with E-state index in [1.54, 1.807) is 0 Å². The van der Waals surface area contributed by atoms with Crippen molar-refractivity contribution < 1.29 is 189 Å². The van der Waals surface area contributed by atoms with Gasteiger partial charge in [0.05, 0.1) is 18.7 Å². The number of hydrogen-bond donors (Lipinski definition) is 8. The van der Waals surface area contributed by atoms with E-state index in [9.17, 15) is 62.9 Å². The van der Waals surface area contributed by atoms with Crippen molar-refractivity contribution in [3.05, 3.63) is 0 Å². The van der Waals surface area contributed by atoms with Gasteiger partial charge in [0.2, 0.25) is 5.91 Å². The molecule has 2 aliphatic heterocycles. The average Bonchev–Trinajstić information content (AvgIpc) is 3.75. The van der Waals surface area contributed by atoms with Crippen LogP contribution in [0.15, 0.2) is 0 Å². The Bertz CT molecular complexity index is 1620. The molecule has 13 atom stereocenters. The minimum Gasteiger partial charge on any atom is -0.756 e. The molecule has 2 heterocycles. The molecular formula is C35H61N3Na3O21P3S. The summed E-state index contributed by atoms with van der Waals surface area (Å²) in [6.45, 7) is 0.830. The molecule has 66 heavy (non-hydrogen) atoms. The summed E-state index contributed by atoms with van der Waals surface area (Å²) in [7, 11) is -17.5. The molecule has 1 aliphatic carbocycles. The summed E-state index contributed by atoms with van der Waals surface area (Å²) in [5.74, 6) is -0.605. The summed E-state index contributed by atoms with van der Waals surface area (Å²) in [4.78, 5) is 103. The molecule has 3 aliphatic rings. The maximum atomic E-state index is 12.9. The van der Waals surface area contributed by atoms with Crippen molar-refractivity contribution in [3.63, 3.8) is 0 Å². The van der Waals surface area contributed by atoms with Crippen molar-refractivity contribution in [1.29, 1.82) is 0 Å². The third kappa shape index (κ3) is 26.3. The fourth-order valence-corrected chi connectivity index (χ4v) is 10.8. The fourth-order valence-electron chi connectivity index (χ4n) is 7.20. The van der Waals surface area contributed by atoms with E-state index >= 15 is 0 Å². The number of urea groups is 1.